The SMILES string of the molecule is CCOC(=O)C=C(C)C(C)=CCC(C)CCCCCC(C)C. The Morgan fingerprint density at radius 3 is 2.23 bits per heavy atom. The third kappa shape index (κ3) is 11.6. The van der Waals surface area contributed by atoms with E-state index in [1.54, 1.807) is 6.08 Å². The molecular weight excluding hydrogens is 272 g/mol. The first kappa shape index (κ1) is 20.9. The smallest absolute Gasteiger partial charge is 0.331 e. The molecular formula is C20H36O2. The van der Waals surface area contributed by atoms with Crippen LogP contribution in [0.25, 0.3) is 0 Å². The maximum Gasteiger partial charge on any atom is 0.331 e. The standard InChI is InChI=1S/C20H36O2/c1-7-22-20(21)15-19(6)18(5)14-13-17(4)12-10-8-9-11-16(2)3/h14-17H,7-13H2,1-6H3. The summed E-state index contributed by atoms with van der Waals surface area (Å²) in [7, 11) is 0. The van der Waals surface area contributed by atoms with E-state index in [-0.39, 0.29) is 5.97 Å². The van der Waals surface area contributed by atoms with Crippen LogP contribution in [0.1, 0.15) is 80.1 Å². The van der Waals surface area contributed by atoms with Crippen molar-refractivity contribution in [2.45, 2.75) is 80.1 Å². The highest BCUT2D eigenvalue weighted by Gasteiger charge is 2.03. The normalized spacial score (nSPS) is 14.3. The van der Waals surface area contributed by atoms with E-state index in [1.807, 2.05) is 13.8 Å². The van der Waals surface area contributed by atoms with Crippen LogP contribution in [0, 0.1) is 11.8 Å². The molecule has 0 aromatic heterocycles. The number of carbonyl (C=O) groups is 1. The predicted octanol–water partition coefficient (Wildman–Crippen LogP) is 6.07. The monoisotopic (exact) mass is 308 g/mol. The van der Waals surface area contributed by atoms with Crippen LogP contribution in [-0.2, 0) is 9.53 Å². The van der Waals surface area contributed by atoms with Gasteiger partial charge in [0.25, 0.3) is 0 Å². The van der Waals surface area contributed by atoms with E-state index in [9.17, 15) is 4.79 Å². The minimum absolute atomic E-state index is 0.244. The number of hydrogen-bond donors (Lipinski definition) is 0. The average Bonchev–Trinajstić information content (AvgIpc) is 2.44. The van der Waals surface area contributed by atoms with Gasteiger partial charge in [-0.05, 0) is 44.6 Å². The molecule has 0 aromatic rings. The third-order valence-electron chi connectivity index (χ3n) is 4.05. The van der Waals surface area contributed by atoms with Crippen LogP contribution in [0.15, 0.2) is 23.3 Å². The fraction of sp³-hybridized carbons (Fsp3) is 0.750. The number of rotatable bonds is 11. The highest BCUT2D eigenvalue weighted by molar-refractivity contribution is 5.83. The van der Waals surface area contributed by atoms with E-state index in [0.717, 1.165) is 17.9 Å². The molecule has 0 saturated heterocycles. The zero-order chi connectivity index (χ0) is 17.0. The molecule has 1 unspecified atom stereocenters. The summed E-state index contributed by atoms with van der Waals surface area (Å²) in [6.45, 7) is 13.2. The Labute approximate surface area is 138 Å². The van der Waals surface area contributed by atoms with Gasteiger partial charge in [0.05, 0.1) is 6.61 Å². The molecule has 0 radical (unpaired) electrons. The van der Waals surface area contributed by atoms with Crippen LogP contribution in [-0.4, -0.2) is 12.6 Å². The largest absolute Gasteiger partial charge is 0.463 e. The van der Waals surface area contributed by atoms with Crippen LogP contribution in [0.5, 0.6) is 0 Å². The lowest BCUT2D eigenvalue weighted by molar-refractivity contribution is -0.137. The van der Waals surface area contributed by atoms with Crippen molar-refractivity contribution in [2.75, 3.05) is 6.61 Å². The maximum atomic E-state index is 11.4. The maximum absolute atomic E-state index is 11.4. The van der Waals surface area contributed by atoms with Gasteiger partial charge < -0.3 is 4.74 Å². The summed E-state index contributed by atoms with van der Waals surface area (Å²) >= 11 is 0. The summed E-state index contributed by atoms with van der Waals surface area (Å²) in [5, 5.41) is 0. The molecule has 0 spiro atoms. The Bertz CT molecular complexity index is 364. The number of ether oxygens (including phenoxy) is 1. The summed E-state index contributed by atoms with van der Waals surface area (Å²) in [5.41, 5.74) is 2.18. The minimum Gasteiger partial charge on any atom is -0.463 e. The molecule has 0 amide bonds. The van der Waals surface area contributed by atoms with Gasteiger partial charge in [-0.3, -0.25) is 0 Å². The molecule has 2 nitrogen and oxygen atoms in total. The third-order valence-corrected chi connectivity index (χ3v) is 4.05. The summed E-state index contributed by atoms with van der Waals surface area (Å²) in [4.78, 5) is 11.4. The number of carbonyl (C=O) groups excluding carboxylic acids is 1. The fourth-order valence-electron chi connectivity index (χ4n) is 2.35. The van der Waals surface area contributed by atoms with Gasteiger partial charge in [-0.2, -0.15) is 0 Å². The zero-order valence-electron chi connectivity index (χ0n) is 15.6. The number of hydrogen-bond acceptors (Lipinski definition) is 2. The molecule has 22 heavy (non-hydrogen) atoms. The van der Waals surface area contributed by atoms with Gasteiger partial charge in [0.1, 0.15) is 0 Å². The summed E-state index contributed by atoms with van der Waals surface area (Å²) in [5.74, 6) is 1.30. The average molecular weight is 309 g/mol. The molecule has 0 heterocycles. The van der Waals surface area contributed by atoms with E-state index in [2.05, 4.69) is 33.8 Å². The first-order chi connectivity index (χ1) is 10.4. The van der Waals surface area contributed by atoms with Crippen molar-refractivity contribution in [2.24, 2.45) is 11.8 Å². The minimum atomic E-state index is -0.244. The number of esters is 1. The van der Waals surface area contributed by atoms with E-state index in [4.69, 9.17) is 4.74 Å². The molecule has 0 aliphatic heterocycles. The predicted molar refractivity (Wildman–Crippen MR) is 95.9 cm³/mol. The molecule has 0 aliphatic rings. The Morgan fingerprint density at radius 2 is 1.64 bits per heavy atom. The lowest BCUT2D eigenvalue weighted by Crippen LogP contribution is -2.01. The van der Waals surface area contributed by atoms with Crippen molar-refractivity contribution in [3.05, 3.63) is 23.3 Å². The second-order valence-corrected chi connectivity index (χ2v) is 6.84. The van der Waals surface area contributed by atoms with Crippen molar-refractivity contribution in [3.8, 4) is 0 Å². The van der Waals surface area contributed by atoms with E-state index in [1.165, 1.54) is 37.7 Å². The number of allylic oxidation sites excluding steroid dienone is 3. The van der Waals surface area contributed by atoms with Crippen LogP contribution in [0.2, 0.25) is 0 Å². The van der Waals surface area contributed by atoms with Gasteiger partial charge in [-0.15, -0.1) is 0 Å². The molecule has 2 heteroatoms. The van der Waals surface area contributed by atoms with Crippen LogP contribution in [0.3, 0.4) is 0 Å². The van der Waals surface area contributed by atoms with Crippen molar-refractivity contribution < 1.29 is 9.53 Å². The molecule has 0 bridgehead atoms. The zero-order valence-corrected chi connectivity index (χ0v) is 15.6. The van der Waals surface area contributed by atoms with Gasteiger partial charge in [-0.25, -0.2) is 4.79 Å². The first-order valence-corrected chi connectivity index (χ1v) is 8.89. The number of unbranched alkanes of at least 4 members (excludes halogenated alkanes) is 2. The lowest BCUT2D eigenvalue weighted by atomic mass is 9.96. The van der Waals surface area contributed by atoms with Crippen molar-refractivity contribution in [1.29, 1.82) is 0 Å². The molecule has 1 atom stereocenters. The topological polar surface area (TPSA) is 26.3 Å². The molecule has 0 aliphatic carbocycles. The quantitative estimate of drug-likeness (QED) is 0.200. The molecule has 0 aromatic carbocycles. The van der Waals surface area contributed by atoms with Gasteiger partial charge in [0, 0.05) is 6.08 Å². The second kappa shape index (κ2) is 12.5. The Morgan fingerprint density at radius 1 is 1.00 bits per heavy atom. The highest BCUT2D eigenvalue weighted by atomic mass is 16.5. The molecule has 0 saturated carbocycles. The van der Waals surface area contributed by atoms with Gasteiger partial charge in [-0.1, -0.05) is 64.5 Å². The van der Waals surface area contributed by atoms with Gasteiger partial charge in [0.15, 0.2) is 0 Å². The van der Waals surface area contributed by atoms with E-state index < -0.39 is 0 Å². The van der Waals surface area contributed by atoms with E-state index >= 15 is 0 Å². The van der Waals surface area contributed by atoms with Crippen LogP contribution in [0.4, 0.5) is 0 Å². The van der Waals surface area contributed by atoms with E-state index in [0.29, 0.717) is 12.5 Å². The summed E-state index contributed by atoms with van der Waals surface area (Å²) in [6, 6.07) is 0. The van der Waals surface area contributed by atoms with Gasteiger partial charge >= 0.3 is 5.97 Å². The molecule has 0 N–H and O–H groups in total. The van der Waals surface area contributed by atoms with Crippen LogP contribution < -0.4 is 0 Å². The van der Waals surface area contributed by atoms with Crippen LogP contribution >= 0.6 is 0 Å². The fourth-order valence-corrected chi connectivity index (χ4v) is 2.35. The van der Waals surface area contributed by atoms with Gasteiger partial charge in [0.2, 0.25) is 0 Å². The Balaban J connectivity index is 4.04. The molecule has 0 rings (SSSR count). The molecule has 0 fully saturated rings. The summed E-state index contributed by atoms with van der Waals surface area (Å²) in [6.07, 6.45) is 11.6. The van der Waals surface area contributed by atoms with Crippen molar-refractivity contribution in [1.82, 2.24) is 0 Å². The summed E-state index contributed by atoms with van der Waals surface area (Å²) < 4.78 is 4.94. The lowest BCUT2D eigenvalue weighted by Gasteiger charge is -2.10. The van der Waals surface area contributed by atoms with Crippen molar-refractivity contribution >= 4 is 5.97 Å². The second-order valence-electron chi connectivity index (χ2n) is 6.84. The molecule has 128 valence electrons. The first-order valence-electron chi connectivity index (χ1n) is 8.89. The Kier molecular flexibility index (Phi) is 11.9. The highest BCUT2D eigenvalue weighted by Crippen LogP contribution is 2.18. The van der Waals surface area contributed by atoms with Crippen molar-refractivity contribution in [3.63, 3.8) is 0 Å². The Hall–Kier alpha value is -1.05.